The van der Waals surface area contributed by atoms with Gasteiger partial charge in [0.25, 0.3) is 5.91 Å². The molecule has 0 heterocycles. The molecule has 0 fully saturated rings. The predicted octanol–water partition coefficient (Wildman–Crippen LogP) is 4.78. The third kappa shape index (κ3) is 6.31. The summed E-state index contributed by atoms with van der Waals surface area (Å²) in [6.45, 7) is 12.4. The van der Waals surface area contributed by atoms with E-state index in [9.17, 15) is 4.79 Å². The second kappa shape index (κ2) is 9.45. The Balaban J connectivity index is 1.89. The fourth-order valence-corrected chi connectivity index (χ4v) is 2.72. The standard InChI is InChI=1S/C23H31NO3/c1-15(2)21-12-9-17(4)13-22(21)27-19(6)23(25)24-18(5)14-26-20-10-7-16(3)8-11-20/h7-13,15,18-19H,14H2,1-6H3,(H,24,25)/t18-,19-/m0/s1. The van der Waals surface area contributed by atoms with Gasteiger partial charge in [-0.05, 0) is 62.9 Å². The highest BCUT2D eigenvalue weighted by Crippen LogP contribution is 2.28. The number of carbonyl (C=O) groups excluding carboxylic acids is 1. The molecule has 0 bridgehead atoms. The largest absolute Gasteiger partial charge is 0.491 e. The van der Waals surface area contributed by atoms with Crippen molar-refractivity contribution in [1.82, 2.24) is 5.32 Å². The van der Waals surface area contributed by atoms with Crippen LogP contribution in [0.4, 0.5) is 0 Å². The van der Waals surface area contributed by atoms with E-state index in [2.05, 4.69) is 31.3 Å². The van der Waals surface area contributed by atoms with E-state index in [1.807, 2.05) is 51.1 Å². The number of benzene rings is 2. The molecule has 2 atom stereocenters. The van der Waals surface area contributed by atoms with E-state index in [1.54, 1.807) is 6.92 Å². The van der Waals surface area contributed by atoms with Crippen LogP contribution in [0.25, 0.3) is 0 Å². The first kappa shape index (κ1) is 20.8. The zero-order valence-electron chi connectivity index (χ0n) is 17.2. The number of ether oxygens (including phenoxy) is 2. The van der Waals surface area contributed by atoms with Gasteiger partial charge in [0.1, 0.15) is 18.1 Å². The number of hydrogen-bond donors (Lipinski definition) is 1. The van der Waals surface area contributed by atoms with Crippen molar-refractivity contribution in [2.75, 3.05) is 6.61 Å². The van der Waals surface area contributed by atoms with Crippen LogP contribution in [0.15, 0.2) is 42.5 Å². The molecule has 0 aliphatic carbocycles. The van der Waals surface area contributed by atoms with Crippen molar-refractivity contribution >= 4 is 5.91 Å². The second-order valence-corrected chi connectivity index (χ2v) is 7.49. The lowest BCUT2D eigenvalue weighted by molar-refractivity contribution is -0.128. The molecule has 2 aromatic rings. The summed E-state index contributed by atoms with van der Waals surface area (Å²) in [5.74, 6) is 1.76. The van der Waals surface area contributed by atoms with E-state index < -0.39 is 6.10 Å². The van der Waals surface area contributed by atoms with Crippen molar-refractivity contribution < 1.29 is 14.3 Å². The first-order valence-electron chi connectivity index (χ1n) is 9.53. The van der Waals surface area contributed by atoms with Crippen LogP contribution in [-0.2, 0) is 4.79 Å². The van der Waals surface area contributed by atoms with Crippen LogP contribution < -0.4 is 14.8 Å². The lowest BCUT2D eigenvalue weighted by atomic mass is 10.0. The van der Waals surface area contributed by atoms with Gasteiger partial charge < -0.3 is 14.8 Å². The average molecular weight is 370 g/mol. The van der Waals surface area contributed by atoms with Crippen molar-refractivity contribution in [2.45, 2.75) is 59.6 Å². The van der Waals surface area contributed by atoms with E-state index in [0.717, 1.165) is 22.6 Å². The number of aryl methyl sites for hydroxylation is 2. The summed E-state index contributed by atoms with van der Waals surface area (Å²) in [5.41, 5.74) is 3.41. The summed E-state index contributed by atoms with van der Waals surface area (Å²) in [4.78, 5) is 12.5. The molecule has 0 radical (unpaired) electrons. The molecule has 2 rings (SSSR count). The predicted molar refractivity (Wildman–Crippen MR) is 110 cm³/mol. The molecule has 0 saturated carbocycles. The van der Waals surface area contributed by atoms with E-state index in [-0.39, 0.29) is 11.9 Å². The summed E-state index contributed by atoms with van der Waals surface area (Å²) in [5, 5.41) is 2.96. The Labute approximate surface area is 162 Å². The monoisotopic (exact) mass is 369 g/mol. The fourth-order valence-electron chi connectivity index (χ4n) is 2.72. The molecular formula is C23H31NO3. The minimum Gasteiger partial charge on any atom is -0.491 e. The molecule has 0 aliphatic heterocycles. The van der Waals surface area contributed by atoms with Crippen LogP contribution in [0.1, 0.15) is 50.3 Å². The van der Waals surface area contributed by atoms with Gasteiger partial charge in [0.05, 0.1) is 6.04 Å². The molecule has 1 amide bonds. The number of carbonyl (C=O) groups is 1. The summed E-state index contributed by atoms with van der Waals surface area (Å²) in [7, 11) is 0. The van der Waals surface area contributed by atoms with E-state index in [1.165, 1.54) is 5.56 Å². The van der Waals surface area contributed by atoms with Crippen LogP contribution in [0, 0.1) is 13.8 Å². The lowest BCUT2D eigenvalue weighted by Gasteiger charge is -2.21. The maximum atomic E-state index is 12.5. The Bertz CT molecular complexity index is 753. The summed E-state index contributed by atoms with van der Waals surface area (Å²) in [6.07, 6.45) is -0.578. The van der Waals surface area contributed by atoms with Crippen molar-refractivity contribution in [3.05, 3.63) is 59.2 Å². The summed E-state index contributed by atoms with van der Waals surface area (Å²) >= 11 is 0. The van der Waals surface area contributed by atoms with Crippen LogP contribution >= 0.6 is 0 Å². The highest BCUT2D eigenvalue weighted by molar-refractivity contribution is 5.81. The van der Waals surface area contributed by atoms with Crippen LogP contribution in [0.5, 0.6) is 11.5 Å². The van der Waals surface area contributed by atoms with Crippen molar-refractivity contribution in [3.8, 4) is 11.5 Å². The van der Waals surface area contributed by atoms with Crippen molar-refractivity contribution in [2.24, 2.45) is 0 Å². The van der Waals surface area contributed by atoms with Crippen LogP contribution in [0.2, 0.25) is 0 Å². The van der Waals surface area contributed by atoms with Gasteiger partial charge in [-0.25, -0.2) is 0 Å². The maximum Gasteiger partial charge on any atom is 0.261 e. The van der Waals surface area contributed by atoms with Gasteiger partial charge in [-0.1, -0.05) is 43.7 Å². The summed E-state index contributed by atoms with van der Waals surface area (Å²) in [6, 6.07) is 13.9. The minimum atomic E-state index is -0.578. The molecular weight excluding hydrogens is 338 g/mol. The van der Waals surface area contributed by atoms with Gasteiger partial charge in [0.15, 0.2) is 6.10 Å². The fraction of sp³-hybridized carbons (Fsp3) is 0.435. The quantitative estimate of drug-likeness (QED) is 0.728. The highest BCUT2D eigenvalue weighted by atomic mass is 16.5. The topological polar surface area (TPSA) is 47.6 Å². The molecule has 0 unspecified atom stereocenters. The first-order valence-corrected chi connectivity index (χ1v) is 9.53. The molecule has 1 N–H and O–H groups in total. The molecule has 4 nitrogen and oxygen atoms in total. The molecule has 27 heavy (non-hydrogen) atoms. The molecule has 0 spiro atoms. The van der Waals surface area contributed by atoms with Crippen LogP contribution in [0.3, 0.4) is 0 Å². The molecule has 0 aliphatic rings. The number of rotatable bonds is 8. The molecule has 2 aromatic carbocycles. The highest BCUT2D eigenvalue weighted by Gasteiger charge is 2.19. The molecule has 0 saturated heterocycles. The van der Waals surface area contributed by atoms with Gasteiger partial charge in [0.2, 0.25) is 0 Å². The molecule has 0 aromatic heterocycles. The van der Waals surface area contributed by atoms with E-state index in [0.29, 0.717) is 12.5 Å². The zero-order chi connectivity index (χ0) is 20.0. The zero-order valence-corrected chi connectivity index (χ0v) is 17.2. The third-order valence-corrected chi connectivity index (χ3v) is 4.37. The second-order valence-electron chi connectivity index (χ2n) is 7.49. The van der Waals surface area contributed by atoms with Gasteiger partial charge in [-0.3, -0.25) is 4.79 Å². The van der Waals surface area contributed by atoms with Crippen molar-refractivity contribution in [3.63, 3.8) is 0 Å². The molecule has 146 valence electrons. The van der Waals surface area contributed by atoms with E-state index in [4.69, 9.17) is 9.47 Å². The summed E-state index contributed by atoms with van der Waals surface area (Å²) < 4.78 is 11.7. The van der Waals surface area contributed by atoms with Gasteiger partial charge >= 0.3 is 0 Å². The Kier molecular flexibility index (Phi) is 7.28. The normalized spacial score (nSPS) is 13.1. The number of nitrogens with one attached hydrogen (secondary N) is 1. The molecule has 4 heteroatoms. The van der Waals surface area contributed by atoms with Crippen molar-refractivity contribution in [1.29, 1.82) is 0 Å². The SMILES string of the molecule is Cc1ccc(OC[C@H](C)NC(=O)[C@H](C)Oc2cc(C)ccc2C(C)C)cc1. The van der Waals surface area contributed by atoms with Gasteiger partial charge in [0, 0.05) is 0 Å². The number of amides is 1. The third-order valence-electron chi connectivity index (χ3n) is 4.37. The first-order chi connectivity index (χ1) is 12.8. The Morgan fingerprint density at radius 3 is 2.22 bits per heavy atom. The maximum absolute atomic E-state index is 12.5. The lowest BCUT2D eigenvalue weighted by Crippen LogP contribution is -2.43. The van der Waals surface area contributed by atoms with E-state index >= 15 is 0 Å². The Morgan fingerprint density at radius 1 is 0.963 bits per heavy atom. The average Bonchev–Trinajstić information content (AvgIpc) is 2.61. The Morgan fingerprint density at radius 2 is 1.59 bits per heavy atom. The van der Waals surface area contributed by atoms with Gasteiger partial charge in [-0.2, -0.15) is 0 Å². The smallest absolute Gasteiger partial charge is 0.261 e. The van der Waals surface area contributed by atoms with Gasteiger partial charge in [-0.15, -0.1) is 0 Å². The minimum absolute atomic E-state index is 0.119. The van der Waals surface area contributed by atoms with Crippen LogP contribution in [-0.4, -0.2) is 24.7 Å². The Hall–Kier alpha value is -2.49. The number of hydrogen-bond acceptors (Lipinski definition) is 3.